The van der Waals surface area contributed by atoms with Crippen LogP contribution in [0.3, 0.4) is 0 Å². The molecule has 106 valence electrons. The molecule has 1 aromatic heterocycles. The Labute approximate surface area is 114 Å². The lowest BCUT2D eigenvalue weighted by Crippen LogP contribution is -2.40. The summed E-state index contributed by atoms with van der Waals surface area (Å²) in [7, 11) is 0. The van der Waals surface area contributed by atoms with Crippen molar-refractivity contribution in [1.29, 1.82) is 0 Å². The molecule has 2 heterocycles. The standard InChI is InChI=1S/C14H23N3O2/c1-10(2)17-6-4-5-12(9-17)8-14-15-13(16-19-14)7-11(3)18/h10,12H,4-9H2,1-3H3. The lowest BCUT2D eigenvalue weighted by atomic mass is 9.94. The summed E-state index contributed by atoms with van der Waals surface area (Å²) in [5.74, 6) is 1.84. The van der Waals surface area contributed by atoms with Crippen LogP contribution in [0.4, 0.5) is 0 Å². The maximum Gasteiger partial charge on any atom is 0.226 e. The Morgan fingerprint density at radius 3 is 3.00 bits per heavy atom. The molecule has 0 saturated carbocycles. The van der Waals surface area contributed by atoms with Crippen LogP contribution in [-0.2, 0) is 17.6 Å². The Morgan fingerprint density at radius 2 is 2.32 bits per heavy atom. The van der Waals surface area contributed by atoms with E-state index in [0.29, 0.717) is 23.7 Å². The normalized spacial score (nSPS) is 20.9. The molecule has 1 saturated heterocycles. The Bertz CT molecular complexity index is 428. The first-order valence-corrected chi connectivity index (χ1v) is 7.09. The highest BCUT2D eigenvalue weighted by molar-refractivity contribution is 5.77. The molecule has 0 aromatic carbocycles. The number of rotatable bonds is 5. The summed E-state index contributed by atoms with van der Waals surface area (Å²) < 4.78 is 5.23. The molecule has 0 amide bonds. The van der Waals surface area contributed by atoms with Gasteiger partial charge in [-0.25, -0.2) is 0 Å². The third-order valence-corrected chi connectivity index (χ3v) is 3.66. The number of piperidine rings is 1. The first kappa shape index (κ1) is 14.2. The molecule has 0 aliphatic carbocycles. The number of aromatic nitrogens is 2. The first-order chi connectivity index (χ1) is 9.04. The molecule has 0 radical (unpaired) electrons. The van der Waals surface area contributed by atoms with E-state index in [1.165, 1.54) is 26.3 Å². The maximum atomic E-state index is 11.0. The Kier molecular flexibility index (Phi) is 4.69. The molecule has 2 rings (SSSR count). The zero-order valence-corrected chi connectivity index (χ0v) is 12.1. The van der Waals surface area contributed by atoms with E-state index in [-0.39, 0.29) is 12.2 Å². The van der Waals surface area contributed by atoms with Gasteiger partial charge < -0.3 is 9.42 Å². The molecule has 0 N–H and O–H groups in total. The van der Waals surface area contributed by atoms with Gasteiger partial charge in [0.15, 0.2) is 5.82 Å². The van der Waals surface area contributed by atoms with Crippen LogP contribution in [0.15, 0.2) is 4.52 Å². The average molecular weight is 265 g/mol. The molecule has 1 aromatic rings. The van der Waals surface area contributed by atoms with Gasteiger partial charge in [-0.15, -0.1) is 0 Å². The largest absolute Gasteiger partial charge is 0.339 e. The van der Waals surface area contributed by atoms with Crippen molar-refractivity contribution >= 4 is 5.78 Å². The minimum absolute atomic E-state index is 0.0657. The van der Waals surface area contributed by atoms with Crippen molar-refractivity contribution in [2.45, 2.75) is 52.5 Å². The van der Waals surface area contributed by atoms with E-state index in [4.69, 9.17) is 4.52 Å². The van der Waals surface area contributed by atoms with Crippen LogP contribution < -0.4 is 0 Å². The number of carbonyl (C=O) groups excluding carboxylic acids is 1. The minimum atomic E-state index is 0.0657. The molecular formula is C14H23N3O2. The van der Waals surface area contributed by atoms with E-state index in [1.807, 2.05) is 0 Å². The quantitative estimate of drug-likeness (QED) is 0.813. The fraction of sp³-hybridized carbons (Fsp3) is 0.786. The molecule has 1 fully saturated rings. The number of hydrogen-bond acceptors (Lipinski definition) is 5. The molecular weight excluding hydrogens is 242 g/mol. The second-order valence-corrected chi connectivity index (χ2v) is 5.78. The van der Waals surface area contributed by atoms with Gasteiger partial charge in [-0.3, -0.25) is 4.79 Å². The zero-order valence-electron chi connectivity index (χ0n) is 12.1. The summed E-state index contributed by atoms with van der Waals surface area (Å²) in [6, 6.07) is 0.596. The van der Waals surface area contributed by atoms with E-state index in [9.17, 15) is 4.79 Å². The number of Topliss-reactive ketones (excluding diaryl/α,β-unsaturated/α-hetero) is 1. The number of ketones is 1. The van der Waals surface area contributed by atoms with Crippen molar-refractivity contribution in [3.63, 3.8) is 0 Å². The van der Waals surface area contributed by atoms with E-state index in [0.717, 1.165) is 13.0 Å². The first-order valence-electron chi connectivity index (χ1n) is 7.09. The van der Waals surface area contributed by atoms with Gasteiger partial charge in [0.25, 0.3) is 0 Å². The average Bonchev–Trinajstić information content (AvgIpc) is 2.76. The molecule has 1 atom stereocenters. The van der Waals surface area contributed by atoms with Crippen molar-refractivity contribution in [1.82, 2.24) is 15.0 Å². The predicted molar refractivity (Wildman–Crippen MR) is 71.8 cm³/mol. The third kappa shape index (κ3) is 4.13. The van der Waals surface area contributed by atoms with Gasteiger partial charge >= 0.3 is 0 Å². The third-order valence-electron chi connectivity index (χ3n) is 3.66. The highest BCUT2D eigenvalue weighted by atomic mass is 16.5. The van der Waals surface area contributed by atoms with Crippen LogP contribution in [0.5, 0.6) is 0 Å². The van der Waals surface area contributed by atoms with Gasteiger partial charge in [0.2, 0.25) is 5.89 Å². The monoisotopic (exact) mass is 265 g/mol. The van der Waals surface area contributed by atoms with Crippen molar-refractivity contribution in [3.05, 3.63) is 11.7 Å². The SMILES string of the molecule is CC(=O)Cc1noc(CC2CCCN(C(C)C)C2)n1. The Balaban J connectivity index is 1.89. The molecule has 5 heteroatoms. The lowest BCUT2D eigenvalue weighted by Gasteiger charge is -2.34. The predicted octanol–water partition coefficient (Wildman–Crippen LogP) is 1.86. The van der Waals surface area contributed by atoms with Crippen LogP contribution >= 0.6 is 0 Å². The van der Waals surface area contributed by atoms with Gasteiger partial charge in [-0.1, -0.05) is 5.16 Å². The van der Waals surface area contributed by atoms with Crippen LogP contribution in [-0.4, -0.2) is 40.0 Å². The summed E-state index contributed by atoms with van der Waals surface area (Å²) in [6.07, 6.45) is 3.55. The molecule has 1 aliphatic rings. The number of hydrogen-bond donors (Lipinski definition) is 0. The second-order valence-electron chi connectivity index (χ2n) is 5.78. The van der Waals surface area contributed by atoms with Crippen LogP contribution in [0.25, 0.3) is 0 Å². The highest BCUT2D eigenvalue weighted by Gasteiger charge is 2.23. The Hall–Kier alpha value is -1.23. The topological polar surface area (TPSA) is 59.2 Å². The lowest BCUT2D eigenvalue weighted by molar-refractivity contribution is -0.116. The van der Waals surface area contributed by atoms with Crippen LogP contribution in [0, 0.1) is 5.92 Å². The van der Waals surface area contributed by atoms with Gasteiger partial charge in [-0.2, -0.15) is 4.98 Å². The molecule has 0 spiro atoms. The van der Waals surface area contributed by atoms with Crippen LogP contribution in [0.2, 0.25) is 0 Å². The van der Waals surface area contributed by atoms with Crippen molar-refractivity contribution in [2.24, 2.45) is 5.92 Å². The van der Waals surface area contributed by atoms with Gasteiger partial charge in [-0.05, 0) is 46.1 Å². The smallest absolute Gasteiger partial charge is 0.226 e. The Morgan fingerprint density at radius 1 is 1.53 bits per heavy atom. The highest BCUT2D eigenvalue weighted by Crippen LogP contribution is 2.21. The molecule has 1 aliphatic heterocycles. The van der Waals surface area contributed by atoms with Gasteiger partial charge in [0, 0.05) is 19.0 Å². The van der Waals surface area contributed by atoms with Crippen molar-refractivity contribution < 1.29 is 9.32 Å². The van der Waals surface area contributed by atoms with Crippen molar-refractivity contribution in [2.75, 3.05) is 13.1 Å². The minimum Gasteiger partial charge on any atom is -0.339 e. The van der Waals surface area contributed by atoms with E-state index < -0.39 is 0 Å². The van der Waals surface area contributed by atoms with Crippen molar-refractivity contribution in [3.8, 4) is 0 Å². The number of carbonyl (C=O) groups is 1. The number of nitrogens with zero attached hydrogens (tertiary/aromatic N) is 3. The molecule has 5 nitrogen and oxygen atoms in total. The summed E-state index contributed by atoms with van der Waals surface area (Å²) >= 11 is 0. The van der Waals surface area contributed by atoms with Gasteiger partial charge in [0.1, 0.15) is 5.78 Å². The zero-order chi connectivity index (χ0) is 13.8. The summed E-state index contributed by atoms with van der Waals surface area (Å²) in [5.41, 5.74) is 0. The molecule has 1 unspecified atom stereocenters. The summed E-state index contributed by atoms with van der Waals surface area (Å²) in [5, 5.41) is 3.86. The number of likely N-dealkylation sites (tertiary alicyclic amines) is 1. The summed E-state index contributed by atoms with van der Waals surface area (Å²) in [6.45, 7) is 8.30. The fourth-order valence-corrected chi connectivity index (χ4v) is 2.65. The second kappa shape index (κ2) is 6.28. The van der Waals surface area contributed by atoms with Gasteiger partial charge in [0.05, 0.1) is 6.42 Å². The van der Waals surface area contributed by atoms with Crippen LogP contribution in [0.1, 0.15) is 45.3 Å². The van der Waals surface area contributed by atoms with E-state index in [1.54, 1.807) is 0 Å². The fourth-order valence-electron chi connectivity index (χ4n) is 2.65. The van der Waals surface area contributed by atoms with E-state index in [2.05, 4.69) is 28.9 Å². The summed E-state index contributed by atoms with van der Waals surface area (Å²) in [4.78, 5) is 17.8. The maximum absolute atomic E-state index is 11.0. The molecule has 0 bridgehead atoms. The molecule has 19 heavy (non-hydrogen) atoms. The van der Waals surface area contributed by atoms with E-state index >= 15 is 0 Å².